The Balaban J connectivity index is 2.52. The molecule has 0 bridgehead atoms. The molecular formula is C16H19F3N2O. The van der Waals surface area contributed by atoms with Crippen LogP contribution in [-0.2, 0) is 11.8 Å². The zero-order chi connectivity index (χ0) is 16.7. The smallest absolute Gasteiger partial charge is 0.350 e. The highest BCUT2D eigenvalue weighted by Crippen LogP contribution is 2.37. The highest BCUT2D eigenvalue weighted by molar-refractivity contribution is 5.86. The lowest BCUT2D eigenvalue weighted by Gasteiger charge is -2.26. The van der Waals surface area contributed by atoms with Gasteiger partial charge in [-0.3, -0.25) is 4.79 Å². The van der Waals surface area contributed by atoms with Crippen molar-refractivity contribution in [2.24, 2.45) is 12.5 Å². The summed E-state index contributed by atoms with van der Waals surface area (Å²) in [6, 6.07) is 4.81. The number of nitrogens with one attached hydrogen (secondary N) is 1. The van der Waals surface area contributed by atoms with Crippen LogP contribution in [0.2, 0.25) is 0 Å². The van der Waals surface area contributed by atoms with Gasteiger partial charge in [-0.1, -0.05) is 39.0 Å². The summed E-state index contributed by atoms with van der Waals surface area (Å²) in [5.41, 5.74) is -0.145. The molecular weight excluding hydrogens is 293 g/mol. The third-order valence-electron chi connectivity index (χ3n) is 3.52. The normalized spacial score (nSPS) is 14.1. The molecule has 120 valence electrons. The van der Waals surface area contributed by atoms with Crippen LogP contribution in [0, 0.1) is 5.41 Å². The summed E-state index contributed by atoms with van der Waals surface area (Å²) >= 11 is 0. The third-order valence-corrected chi connectivity index (χ3v) is 3.52. The number of nitrogens with zero attached hydrogens (tertiary/aromatic N) is 1. The minimum absolute atomic E-state index is 0.0585. The minimum Gasteiger partial charge on any atom is -0.350 e. The fraction of sp³-hybridized carbons (Fsp3) is 0.438. The van der Waals surface area contributed by atoms with E-state index in [4.69, 9.17) is 0 Å². The number of hydrogen-bond donors (Lipinski definition) is 1. The van der Waals surface area contributed by atoms with Gasteiger partial charge in [0.15, 0.2) is 6.04 Å². The van der Waals surface area contributed by atoms with Gasteiger partial charge in [0.2, 0.25) is 5.91 Å². The molecule has 0 saturated carbocycles. The molecule has 1 N–H and O–H groups in total. The van der Waals surface area contributed by atoms with Gasteiger partial charge in [0.25, 0.3) is 0 Å². The maximum Gasteiger partial charge on any atom is 0.412 e. The molecule has 1 aromatic carbocycles. The van der Waals surface area contributed by atoms with Gasteiger partial charge in [-0.05, 0) is 6.07 Å². The second-order valence-corrected chi connectivity index (χ2v) is 6.41. The second-order valence-electron chi connectivity index (χ2n) is 6.41. The highest BCUT2D eigenvalue weighted by atomic mass is 19.4. The van der Waals surface area contributed by atoms with Crippen LogP contribution >= 0.6 is 0 Å². The number of hydrogen-bond acceptors (Lipinski definition) is 1. The van der Waals surface area contributed by atoms with Crippen molar-refractivity contribution in [3.8, 4) is 0 Å². The number of aromatic nitrogens is 1. The van der Waals surface area contributed by atoms with E-state index < -0.39 is 23.5 Å². The molecule has 1 heterocycles. The number of para-hydroxylation sites is 1. The highest BCUT2D eigenvalue weighted by Gasteiger charge is 2.44. The predicted molar refractivity (Wildman–Crippen MR) is 79.3 cm³/mol. The van der Waals surface area contributed by atoms with Crippen molar-refractivity contribution in [1.29, 1.82) is 0 Å². The predicted octanol–water partition coefficient (Wildman–Crippen LogP) is 3.94. The summed E-state index contributed by atoms with van der Waals surface area (Å²) < 4.78 is 42.0. The SMILES string of the molecule is Cn1cc(C(NC(=O)C(C)(C)C)C(F)(F)F)c2ccccc21. The number of alkyl halides is 3. The van der Waals surface area contributed by atoms with E-state index in [0.717, 1.165) is 0 Å². The summed E-state index contributed by atoms with van der Waals surface area (Å²) in [5, 5.41) is 2.63. The van der Waals surface area contributed by atoms with Crippen molar-refractivity contribution in [2.75, 3.05) is 0 Å². The molecule has 0 fully saturated rings. The van der Waals surface area contributed by atoms with Crippen molar-refractivity contribution in [2.45, 2.75) is 33.0 Å². The summed E-state index contributed by atoms with van der Waals surface area (Å²) in [4.78, 5) is 12.0. The van der Waals surface area contributed by atoms with E-state index in [2.05, 4.69) is 5.32 Å². The third kappa shape index (κ3) is 3.10. The first-order valence-electron chi connectivity index (χ1n) is 6.93. The van der Waals surface area contributed by atoms with Crippen molar-refractivity contribution in [1.82, 2.24) is 9.88 Å². The Morgan fingerprint density at radius 2 is 1.77 bits per heavy atom. The van der Waals surface area contributed by atoms with Crippen molar-refractivity contribution in [3.63, 3.8) is 0 Å². The lowest BCUT2D eigenvalue weighted by atomic mass is 9.94. The molecule has 0 aliphatic heterocycles. The number of rotatable bonds is 2. The topological polar surface area (TPSA) is 34.0 Å². The first-order chi connectivity index (χ1) is 10.0. The lowest BCUT2D eigenvalue weighted by Crippen LogP contribution is -2.43. The van der Waals surface area contributed by atoms with Gasteiger partial charge in [-0.2, -0.15) is 13.2 Å². The van der Waals surface area contributed by atoms with Gasteiger partial charge in [0.05, 0.1) is 0 Å². The molecule has 22 heavy (non-hydrogen) atoms. The fourth-order valence-corrected chi connectivity index (χ4v) is 2.29. The van der Waals surface area contributed by atoms with E-state index in [-0.39, 0.29) is 5.56 Å². The Labute approximate surface area is 127 Å². The van der Waals surface area contributed by atoms with Crippen LogP contribution in [0.4, 0.5) is 13.2 Å². The minimum atomic E-state index is -4.56. The van der Waals surface area contributed by atoms with Crippen molar-refractivity contribution < 1.29 is 18.0 Å². The zero-order valence-corrected chi connectivity index (χ0v) is 13.0. The Morgan fingerprint density at radius 3 is 2.32 bits per heavy atom. The van der Waals surface area contributed by atoms with Crippen LogP contribution in [0.5, 0.6) is 0 Å². The average Bonchev–Trinajstić information content (AvgIpc) is 2.71. The number of amides is 1. The van der Waals surface area contributed by atoms with E-state index in [1.807, 2.05) is 0 Å². The van der Waals surface area contributed by atoms with Crippen LogP contribution in [-0.4, -0.2) is 16.7 Å². The molecule has 2 rings (SSSR count). The van der Waals surface area contributed by atoms with Crippen LogP contribution in [0.25, 0.3) is 10.9 Å². The molecule has 1 atom stereocenters. The molecule has 6 heteroatoms. The van der Waals surface area contributed by atoms with E-state index in [0.29, 0.717) is 10.9 Å². The maximum absolute atomic E-state index is 13.5. The van der Waals surface area contributed by atoms with Gasteiger partial charge in [0.1, 0.15) is 0 Å². The molecule has 1 amide bonds. The summed E-state index contributed by atoms with van der Waals surface area (Å²) in [6.45, 7) is 4.75. The van der Waals surface area contributed by atoms with Crippen LogP contribution < -0.4 is 5.32 Å². The molecule has 3 nitrogen and oxygen atoms in total. The van der Waals surface area contributed by atoms with Crippen LogP contribution in [0.1, 0.15) is 32.4 Å². The van der Waals surface area contributed by atoms with Gasteiger partial charge < -0.3 is 9.88 Å². The Morgan fingerprint density at radius 1 is 1.18 bits per heavy atom. The molecule has 2 aromatic rings. The number of benzene rings is 1. The van der Waals surface area contributed by atoms with Crippen LogP contribution in [0.15, 0.2) is 30.5 Å². The number of carbonyl (C=O) groups excluding carboxylic acids is 1. The Kier molecular flexibility index (Phi) is 3.98. The van der Waals surface area contributed by atoms with E-state index in [1.165, 1.54) is 6.20 Å². The Bertz CT molecular complexity index is 695. The first-order valence-corrected chi connectivity index (χ1v) is 6.93. The van der Waals surface area contributed by atoms with Crippen molar-refractivity contribution in [3.05, 3.63) is 36.0 Å². The molecule has 1 unspecified atom stereocenters. The summed E-state index contributed by atoms with van der Waals surface area (Å²) in [6.07, 6.45) is -3.14. The maximum atomic E-state index is 13.5. The molecule has 0 aliphatic rings. The number of carbonyl (C=O) groups is 1. The standard InChI is InChI=1S/C16H19F3N2O/c1-15(2,3)14(22)20-13(16(17,18)19)11-9-21(4)12-8-6-5-7-10(11)12/h5-9,13H,1-4H3,(H,20,22). The number of aryl methyl sites for hydroxylation is 1. The molecule has 0 spiro atoms. The molecule has 0 radical (unpaired) electrons. The number of halogens is 3. The monoisotopic (exact) mass is 312 g/mol. The Hall–Kier alpha value is -1.98. The van der Waals surface area contributed by atoms with E-state index in [1.54, 1.807) is 56.7 Å². The van der Waals surface area contributed by atoms with E-state index >= 15 is 0 Å². The quantitative estimate of drug-likeness (QED) is 0.895. The average molecular weight is 312 g/mol. The van der Waals surface area contributed by atoms with E-state index in [9.17, 15) is 18.0 Å². The van der Waals surface area contributed by atoms with Crippen LogP contribution in [0.3, 0.4) is 0 Å². The van der Waals surface area contributed by atoms with Gasteiger partial charge in [-0.25, -0.2) is 0 Å². The fourth-order valence-electron chi connectivity index (χ4n) is 2.29. The second kappa shape index (κ2) is 5.34. The van der Waals surface area contributed by atoms with Gasteiger partial charge in [-0.15, -0.1) is 0 Å². The molecule has 0 saturated heterocycles. The summed E-state index contributed by atoms with van der Waals surface area (Å²) in [5.74, 6) is -0.636. The number of fused-ring (bicyclic) bond motifs is 1. The summed E-state index contributed by atoms with van der Waals surface area (Å²) in [7, 11) is 1.69. The zero-order valence-electron chi connectivity index (χ0n) is 13.0. The van der Waals surface area contributed by atoms with Gasteiger partial charge >= 0.3 is 6.18 Å². The molecule has 1 aromatic heterocycles. The van der Waals surface area contributed by atoms with Crippen molar-refractivity contribution >= 4 is 16.8 Å². The first kappa shape index (κ1) is 16.4. The van der Waals surface area contributed by atoms with Gasteiger partial charge in [0, 0.05) is 35.1 Å². The largest absolute Gasteiger partial charge is 0.412 e. The lowest BCUT2D eigenvalue weighted by molar-refractivity contribution is -0.165. The molecule has 0 aliphatic carbocycles.